The molecule has 2 N–H and O–H groups in total. The van der Waals surface area contributed by atoms with Crippen molar-refractivity contribution < 1.29 is 14.6 Å². The third kappa shape index (κ3) is 3.79. The number of piperazine rings is 1. The average molecular weight is 399 g/mol. The normalized spacial score (nSPS) is 15.0. The number of benzene rings is 1. The molecule has 1 aliphatic heterocycles. The number of ether oxygens (including phenoxy) is 1. The van der Waals surface area contributed by atoms with E-state index in [-0.39, 0.29) is 0 Å². The first-order valence-electron chi connectivity index (χ1n) is 9.48. The van der Waals surface area contributed by atoms with Gasteiger partial charge in [0, 0.05) is 30.4 Å². The molecule has 0 atom stereocenters. The largest absolute Gasteiger partial charge is 0.497 e. The van der Waals surface area contributed by atoms with Gasteiger partial charge in [0.1, 0.15) is 5.75 Å². The summed E-state index contributed by atoms with van der Waals surface area (Å²) in [7, 11) is 3.65. The summed E-state index contributed by atoms with van der Waals surface area (Å²) < 4.78 is 9.93. The number of quaternary nitrogens is 1. The Morgan fingerprint density at radius 1 is 1.11 bits per heavy atom. The maximum Gasteiger partial charge on any atom is 0.202 e. The summed E-state index contributed by atoms with van der Waals surface area (Å²) in [6, 6.07) is 12.2. The topological polar surface area (TPSA) is 53.8 Å². The minimum atomic E-state index is 0.749. The average Bonchev–Trinajstić information content (AvgIpc) is 3.03. The lowest BCUT2D eigenvalue weighted by Gasteiger charge is -2.33. The van der Waals surface area contributed by atoms with Gasteiger partial charge >= 0.3 is 0 Å². The summed E-state index contributed by atoms with van der Waals surface area (Å²) in [6.07, 6.45) is 3.95. The predicted molar refractivity (Wildman–Crippen MR) is 110 cm³/mol. The van der Waals surface area contributed by atoms with Crippen molar-refractivity contribution in [3.05, 3.63) is 53.6 Å². The lowest BCUT2D eigenvalue weighted by atomic mass is 10.2. The second-order valence-corrected chi connectivity index (χ2v) is 7.41. The van der Waals surface area contributed by atoms with E-state index in [1.54, 1.807) is 7.11 Å². The van der Waals surface area contributed by atoms with Crippen LogP contribution in [0.1, 0.15) is 0 Å². The van der Waals surface area contributed by atoms with Crippen LogP contribution in [-0.2, 0) is 13.7 Å². The lowest BCUT2D eigenvalue weighted by Crippen LogP contribution is -3.14. The van der Waals surface area contributed by atoms with Gasteiger partial charge in [-0.25, -0.2) is 4.98 Å². The summed E-state index contributed by atoms with van der Waals surface area (Å²) in [5, 5.41) is 4.80. The first-order chi connectivity index (χ1) is 13.7. The van der Waals surface area contributed by atoms with Crippen LogP contribution in [0.4, 0.5) is 5.69 Å². The number of aromatic amines is 1. The molecule has 7 nitrogen and oxygen atoms in total. The van der Waals surface area contributed by atoms with E-state index in [1.807, 2.05) is 53.0 Å². The van der Waals surface area contributed by atoms with Gasteiger partial charge in [0.25, 0.3) is 0 Å². The van der Waals surface area contributed by atoms with Crippen LogP contribution in [0.3, 0.4) is 0 Å². The quantitative estimate of drug-likeness (QED) is 0.646. The molecule has 28 heavy (non-hydrogen) atoms. The van der Waals surface area contributed by atoms with Gasteiger partial charge in [-0.1, -0.05) is 0 Å². The predicted octanol–water partition coefficient (Wildman–Crippen LogP) is 0.803. The zero-order valence-corrected chi connectivity index (χ0v) is 17.1. The van der Waals surface area contributed by atoms with Crippen LogP contribution < -0.4 is 19.5 Å². The molecule has 0 saturated carbocycles. The van der Waals surface area contributed by atoms with Gasteiger partial charge < -0.3 is 19.1 Å². The first kappa shape index (κ1) is 18.6. The molecule has 1 fully saturated rings. The van der Waals surface area contributed by atoms with Crippen LogP contribution >= 0.6 is 12.2 Å². The Morgan fingerprint density at radius 2 is 1.79 bits per heavy atom. The van der Waals surface area contributed by atoms with Crippen molar-refractivity contribution in [2.75, 3.05) is 38.2 Å². The third-order valence-electron chi connectivity index (χ3n) is 5.30. The highest BCUT2D eigenvalue weighted by molar-refractivity contribution is 7.71. The molecule has 1 aromatic carbocycles. The SMILES string of the molecule is COc1ccc(-c2nn(C[NH+]3CCN(c4cc[nH+]cc4)CC3)c(=S)n2C)cc1. The summed E-state index contributed by atoms with van der Waals surface area (Å²) >= 11 is 5.64. The number of nitrogens with zero attached hydrogens (tertiary/aromatic N) is 4. The molecule has 3 aromatic rings. The van der Waals surface area contributed by atoms with Gasteiger partial charge in [-0.15, -0.1) is 5.10 Å². The number of hydrogen-bond acceptors (Lipinski definition) is 4. The van der Waals surface area contributed by atoms with Crippen molar-refractivity contribution in [1.82, 2.24) is 14.3 Å². The number of nitrogens with one attached hydrogen (secondary N) is 2. The highest BCUT2D eigenvalue weighted by Crippen LogP contribution is 2.20. The maximum atomic E-state index is 5.64. The molecule has 0 radical (unpaired) electrons. The smallest absolute Gasteiger partial charge is 0.202 e. The molecule has 1 aliphatic rings. The minimum Gasteiger partial charge on any atom is -0.497 e. The molecule has 0 spiro atoms. The lowest BCUT2D eigenvalue weighted by molar-refractivity contribution is -0.924. The van der Waals surface area contributed by atoms with E-state index in [0.29, 0.717) is 0 Å². The van der Waals surface area contributed by atoms with Crippen LogP contribution in [0.5, 0.6) is 5.75 Å². The van der Waals surface area contributed by atoms with Gasteiger partial charge in [0.2, 0.25) is 4.77 Å². The fourth-order valence-corrected chi connectivity index (χ4v) is 3.81. The van der Waals surface area contributed by atoms with Crippen LogP contribution in [0.15, 0.2) is 48.8 Å². The summed E-state index contributed by atoms with van der Waals surface area (Å²) in [5.41, 5.74) is 2.31. The van der Waals surface area contributed by atoms with E-state index in [4.69, 9.17) is 22.1 Å². The number of anilines is 1. The van der Waals surface area contributed by atoms with Crippen molar-refractivity contribution in [2.45, 2.75) is 6.67 Å². The van der Waals surface area contributed by atoms with Gasteiger partial charge in [-0.3, -0.25) is 0 Å². The second kappa shape index (κ2) is 8.12. The Bertz CT molecular complexity index is 974. The highest BCUT2D eigenvalue weighted by Gasteiger charge is 2.22. The second-order valence-electron chi connectivity index (χ2n) is 7.05. The number of aromatic nitrogens is 4. The molecule has 1 saturated heterocycles. The molecule has 0 bridgehead atoms. The van der Waals surface area contributed by atoms with Crippen LogP contribution in [-0.4, -0.2) is 47.6 Å². The Kier molecular flexibility index (Phi) is 5.40. The molecule has 0 unspecified atom stereocenters. The van der Waals surface area contributed by atoms with Crippen LogP contribution in [0.25, 0.3) is 11.4 Å². The summed E-state index contributed by atoms with van der Waals surface area (Å²) in [4.78, 5) is 7.01. The van der Waals surface area contributed by atoms with E-state index in [1.165, 1.54) is 10.6 Å². The Hall–Kier alpha value is -2.71. The van der Waals surface area contributed by atoms with Crippen LogP contribution in [0.2, 0.25) is 0 Å². The number of rotatable bonds is 5. The standard InChI is InChI=1S/C20H24N6OS/c1-23-19(16-3-5-18(27-2)6-4-16)22-26(20(23)28)15-24-11-13-25(14-12-24)17-7-9-21-10-8-17/h3-10H,11-15H2,1-2H3/p+2. The van der Waals surface area contributed by atoms with Gasteiger partial charge in [0.15, 0.2) is 24.9 Å². The minimum absolute atomic E-state index is 0.749. The molecule has 146 valence electrons. The van der Waals surface area contributed by atoms with Crippen molar-refractivity contribution in [3.63, 3.8) is 0 Å². The molecule has 4 rings (SSSR count). The van der Waals surface area contributed by atoms with Crippen LogP contribution in [0, 0.1) is 4.77 Å². The monoisotopic (exact) mass is 398 g/mol. The molecule has 0 aliphatic carbocycles. The molecular weight excluding hydrogens is 372 g/mol. The van der Waals surface area contributed by atoms with Gasteiger partial charge in [0.05, 0.1) is 33.3 Å². The zero-order chi connectivity index (χ0) is 19.5. The first-order valence-corrected chi connectivity index (χ1v) is 9.89. The maximum absolute atomic E-state index is 5.64. The molecular formula is C20H26N6OS+2. The molecule has 2 aromatic heterocycles. The van der Waals surface area contributed by atoms with E-state index in [2.05, 4.69) is 22.0 Å². The molecule has 3 heterocycles. The third-order valence-corrected chi connectivity index (χ3v) is 5.78. The number of pyridine rings is 1. The van der Waals surface area contributed by atoms with E-state index in [9.17, 15) is 0 Å². The number of methoxy groups -OCH3 is 1. The van der Waals surface area contributed by atoms with E-state index in [0.717, 1.165) is 54.8 Å². The Labute approximate surface area is 169 Å². The Morgan fingerprint density at radius 3 is 2.43 bits per heavy atom. The number of hydrogen-bond donors (Lipinski definition) is 1. The van der Waals surface area contributed by atoms with Crippen molar-refractivity contribution in [1.29, 1.82) is 0 Å². The van der Waals surface area contributed by atoms with Gasteiger partial charge in [-0.05, 0) is 36.5 Å². The van der Waals surface area contributed by atoms with E-state index >= 15 is 0 Å². The van der Waals surface area contributed by atoms with Gasteiger partial charge in [-0.2, -0.15) is 4.68 Å². The molecule has 0 amide bonds. The van der Waals surface area contributed by atoms with Crippen molar-refractivity contribution in [2.24, 2.45) is 7.05 Å². The highest BCUT2D eigenvalue weighted by atomic mass is 32.1. The number of H-pyrrole nitrogens is 1. The van der Waals surface area contributed by atoms with Crippen molar-refractivity contribution >= 4 is 17.9 Å². The van der Waals surface area contributed by atoms with E-state index < -0.39 is 0 Å². The zero-order valence-electron chi connectivity index (χ0n) is 16.3. The summed E-state index contributed by atoms with van der Waals surface area (Å²) in [5.74, 6) is 1.72. The fraction of sp³-hybridized carbons (Fsp3) is 0.350. The molecule has 8 heteroatoms. The fourth-order valence-electron chi connectivity index (χ4n) is 3.62. The summed E-state index contributed by atoms with van der Waals surface area (Å²) in [6.45, 7) is 4.98. The Balaban J connectivity index is 1.45. The van der Waals surface area contributed by atoms with Crippen molar-refractivity contribution in [3.8, 4) is 17.1 Å².